The van der Waals surface area contributed by atoms with Gasteiger partial charge in [-0.15, -0.1) is 10.2 Å². The van der Waals surface area contributed by atoms with Crippen molar-refractivity contribution in [1.29, 1.82) is 0 Å². The number of aromatic nitrogens is 2. The van der Waals surface area contributed by atoms with Gasteiger partial charge in [0.1, 0.15) is 5.75 Å². The van der Waals surface area contributed by atoms with Crippen molar-refractivity contribution in [2.75, 3.05) is 5.32 Å². The van der Waals surface area contributed by atoms with Gasteiger partial charge in [0.2, 0.25) is 0 Å². The standard InChI is InChI=1S/C17H12BrN3O6/c18-13-6-5-11(26-13)17-21-20-14(27-17)8-24-15(22)7-12-16(23)19-9-3-1-2-4-10(9)25-12/h1-6,12H,7-8H2,(H,19,23). The van der Waals surface area contributed by atoms with Crippen molar-refractivity contribution in [3.8, 4) is 17.4 Å². The van der Waals surface area contributed by atoms with Gasteiger partial charge in [0.25, 0.3) is 17.7 Å². The number of ether oxygens (including phenoxy) is 2. The summed E-state index contributed by atoms with van der Waals surface area (Å²) in [6.45, 7) is -0.224. The molecule has 0 aliphatic carbocycles. The third-order valence-corrected chi connectivity index (χ3v) is 4.09. The summed E-state index contributed by atoms with van der Waals surface area (Å²) < 4.78 is 21.8. The summed E-state index contributed by atoms with van der Waals surface area (Å²) in [7, 11) is 0. The smallest absolute Gasteiger partial charge is 0.310 e. The van der Waals surface area contributed by atoms with Crippen molar-refractivity contribution in [3.63, 3.8) is 0 Å². The maximum absolute atomic E-state index is 12.0. The molecule has 0 bridgehead atoms. The highest BCUT2D eigenvalue weighted by molar-refractivity contribution is 9.10. The summed E-state index contributed by atoms with van der Waals surface area (Å²) in [6.07, 6.45) is -1.21. The number of para-hydroxylation sites is 2. The van der Waals surface area contributed by atoms with Crippen molar-refractivity contribution in [1.82, 2.24) is 10.2 Å². The topological polar surface area (TPSA) is 117 Å². The van der Waals surface area contributed by atoms with Crippen LogP contribution < -0.4 is 10.1 Å². The molecule has 1 aliphatic heterocycles. The summed E-state index contributed by atoms with van der Waals surface area (Å²) >= 11 is 3.18. The Hall–Kier alpha value is -3.14. The molecule has 1 atom stereocenters. The van der Waals surface area contributed by atoms with Crippen LogP contribution in [0.2, 0.25) is 0 Å². The van der Waals surface area contributed by atoms with Crippen LogP contribution in [0.4, 0.5) is 5.69 Å². The summed E-state index contributed by atoms with van der Waals surface area (Å²) in [4.78, 5) is 24.1. The first-order valence-corrected chi connectivity index (χ1v) is 8.68. The van der Waals surface area contributed by atoms with Crippen LogP contribution in [0.25, 0.3) is 11.7 Å². The molecular weight excluding hydrogens is 422 g/mol. The number of carbonyl (C=O) groups is 2. The molecule has 0 saturated heterocycles. The van der Waals surface area contributed by atoms with Crippen molar-refractivity contribution in [3.05, 3.63) is 47.0 Å². The number of amides is 1. The van der Waals surface area contributed by atoms with Gasteiger partial charge in [-0.3, -0.25) is 9.59 Å². The van der Waals surface area contributed by atoms with E-state index in [9.17, 15) is 9.59 Å². The van der Waals surface area contributed by atoms with Crippen molar-refractivity contribution in [2.24, 2.45) is 0 Å². The monoisotopic (exact) mass is 433 g/mol. The Morgan fingerprint density at radius 2 is 2.04 bits per heavy atom. The highest BCUT2D eigenvalue weighted by Gasteiger charge is 2.30. The molecule has 0 fully saturated rings. The van der Waals surface area contributed by atoms with Gasteiger partial charge in [0, 0.05) is 0 Å². The summed E-state index contributed by atoms with van der Waals surface area (Å²) in [5.41, 5.74) is 0.565. The van der Waals surface area contributed by atoms with E-state index in [1.807, 2.05) is 0 Å². The molecule has 0 saturated carbocycles. The fraction of sp³-hybridized carbons (Fsp3) is 0.176. The number of anilines is 1. The second kappa shape index (κ2) is 7.23. The number of hydrogen-bond donors (Lipinski definition) is 1. The van der Waals surface area contributed by atoms with Gasteiger partial charge >= 0.3 is 5.97 Å². The number of nitrogens with zero attached hydrogens (tertiary/aromatic N) is 2. The number of esters is 1. The molecule has 0 spiro atoms. The number of hydrogen-bond acceptors (Lipinski definition) is 8. The van der Waals surface area contributed by atoms with Crippen molar-refractivity contribution < 1.29 is 27.9 Å². The van der Waals surface area contributed by atoms with Crippen LogP contribution >= 0.6 is 15.9 Å². The second-order valence-corrected chi connectivity index (χ2v) is 6.34. The number of halogens is 1. The first kappa shape index (κ1) is 17.3. The van der Waals surface area contributed by atoms with Gasteiger partial charge in [-0.1, -0.05) is 12.1 Å². The lowest BCUT2D eigenvalue weighted by atomic mass is 10.1. The third-order valence-electron chi connectivity index (χ3n) is 3.67. The number of rotatable bonds is 5. The van der Waals surface area contributed by atoms with E-state index in [0.29, 0.717) is 21.9 Å². The van der Waals surface area contributed by atoms with Gasteiger partial charge in [-0.2, -0.15) is 0 Å². The summed E-state index contributed by atoms with van der Waals surface area (Å²) in [5, 5.41) is 10.3. The first-order chi connectivity index (χ1) is 13.1. The van der Waals surface area contributed by atoms with E-state index in [1.165, 1.54) is 0 Å². The lowest BCUT2D eigenvalue weighted by Gasteiger charge is -2.24. The number of furan rings is 1. The molecule has 4 rings (SSSR count). The molecule has 3 heterocycles. The van der Waals surface area contributed by atoms with Crippen molar-refractivity contribution >= 4 is 33.5 Å². The molecule has 1 aliphatic rings. The van der Waals surface area contributed by atoms with E-state index < -0.39 is 18.0 Å². The minimum Gasteiger partial charge on any atom is -0.478 e. The van der Waals surface area contributed by atoms with Crippen LogP contribution in [-0.4, -0.2) is 28.2 Å². The number of fused-ring (bicyclic) bond motifs is 1. The zero-order chi connectivity index (χ0) is 18.8. The van der Waals surface area contributed by atoms with Gasteiger partial charge in [-0.05, 0) is 40.2 Å². The normalized spacial score (nSPS) is 15.6. The Bertz CT molecular complexity index is 998. The number of benzene rings is 1. The van der Waals surface area contributed by atoms with Crippen LogP contribution in [0.3, 0.4) is 0 Å². The van der Waals surface area contributed by atoms with E-state index in [4.69, 9.17) is 18.3 Å². The molecule has 1 amide bonds. The van der Waals surface area contributed by atoms with Crippen LogP contribution in [0.1, 0.15) is 12.3 Å². The first-order valence-electron chi connectivity index (χ1n) is 7.89. The molecule has 1 aromatic carbocycles. The van der Waals surface area contributed by atoms with Gasteiger partial charge < -0.3 is 23.6 Å². The second-order valence-electron chi connectivity index (χ2n) is 5.56. The molecule has 9 nitrogen and oxygen atoms in total. The average Bonchev–Trinajstić information content (AvgIpc) is 3.29. The quantitative estimate of drug-likeness (QED) is 0.610. The predicted molar refractivity (Wildman–Crippen MR) is 93.6 cm³/mol. The Balaban J connectivity index is 1.33. The van der Waals surface area contributed by atoms with Crippen LogP contribution in [0.15, 0.2) is 49.9 Å². The molecule has 138 valence electrons. The minimum atomic E-state index is -0.967. The number of carbonyl (C=O) groups excluding carboxylic acids is 2. The maximum atomic E-state index is 12.0. The van der Waals surface area contributed by atoms with E-state index in [0.717, 1.165) is 0 Å². The average molecular weight is 434 g/mol. The third kappa shape index (κ3) is 3.85. The largest absolute Gasteiger partial charge is 0.478 e. The highest BCUT2D eigenvalue weighted by Crippen LogP contribution is 2.29. The van der Waals surface area contributed by atoms with Gasteiger partial charge in [0.05, 0.1) is 12.1 Å². The van der Waals surface area contributed by atoms with Gasteiger partial charge in [0.15, 0.2) is 23.1 Å². The van der Waals surface area contributed by atoms with Crippen LogP contribution in [0.5, 0.6) is 5.75 Å². The fourth-order valence-corrected chi connectivity index (χ4v) is 2.73. The summed E-state index contributed by atoms with van der Waals surface area (Å²) in [6, 6.07) is 10.3. The lowest BCUT2D eigenvalue weighted by molar-refractivity contribution is -0.149. The molecule has 1 N–H and O–H groups in total. The number of nitrogens with one attached hydrogen (secondary N) is 1. The Kier molecular flexibility index (Phi) is 4.63. The minimum absolute atomic E-state index is 0.102. The highest BCUT2D eigenvalue weighted by atomic mass is 79.9. The van der Waals surface area contributed by atoms with Crippen molar-refractivity contribution in [2.45, 2.75) is 19.1 Å². The zero-order valence-corrected chi connectivity index (χ0v) is 15.3. The maximum Gasteiger partial charge on any atom is 0.310 e. The molecule has 1 unspecified atom stereocenters. The Labute approximate surface area is 160 Å². The Morgan fingerprint density at radius 3 is 2.85 bits per heavy atom. The zero-order valence-electron chi connectivity index (χ0n) is 13.7. The van der Waals surface area contributed by atoms with Gasteiger partial charge in [-0.25, -0.2) is 0 Å². The fourth-order valence-electron chi connectivity index (χ4n) is 2.42. The van der Waals surface area contributed by atoms with Crippen LogP contribution in [0, 0.1) is 0 Å². The molecular formula is C17H12BrN3O6. The Morgan fingerprint density at radius 1 is 1.19 bits per heavy atom. The molecule has 0 radical (unpaired) electrons. The molecule has 2 aromatic heterocycles. The van der Waals surface area contributed by atoms with E-state index >= 15 is 0 Å². The lowest BCUT2D eigenvalue weighted by Crippen LogP contribution is -2.38. The molecule has 10 heteroatoms. The SMILES string of the molecule is O=C(CC1Oc2ccccc2NC1=O)OCc1nnc(-c2ccc(Br)o2)o1. The predicted octanol–water partition coefficient (Wildman–Crippen LogP) is 2.93. The van der Waals surface area contributed by atoms with Crippen LogP contribution in [-0.2, 0) is 20.9 Å². The molecule has 27 heavy (non-hydrogen) atoms. The van der Waals surface area contributed by atoms with E-state index in [1.54, 1.807) is 36.4 Å². The summed E-state index contributed by atoms with van der Waals surface area (Å²) in [5.74, 6) is 0.117. The van der Waals surface area contributed by atoms with E-state index in [-0.39, 0.29) is 24.8 Å². The molecule has 3 aromatic rings. The van der Waals surface area contributed by atoms with E-state index in [2.05, 4.69) is 31.4 Å².